The summed E-state index contributed by atoms with van der Waals surface area (Å²) < 4.78 is 11.7. The van der Waals surface area contributed by atoms with E-state index in [2.05, 4.69) is 41.5 Å². The summed E-state index contributed by atoms with van der Waals surface area (Å²) in [6.45, 7) is 0. The van der Waals surface area contributed by atoms with Gasteiger partial charge in [0.25, 0.3) is 0 Å². The number of fused-ring (bicyclic) bond motifs is 1. The predicted molar refractivity (Wildman–Crippen MR) is 102 cm³/mol. The van der Waals surface area contributed by atoms with E-state index in [4.69, 9.17) is 11.6 Å². The molecule has 24 heavy (non-hydrogen) atoms. The molecule has 4 heteroatoms. The molecule has 1 fully saturated rings. The van der Waals surface area contributed by atoms with Crippen LogP contribution >= 0.6 is 11.6 Å². The van der Waals surface area contributed by atoms with E-state index >= 15 is 0 Å². The summed E-state index contributed by atoms with van der Waals surface area (Å²) in [5, 5.41) is 2.03. The second-order valence-electron chi connectivity index (χ2n) is 6.67. The smallest absolute Gasteiger partial charge is 0.132 e. The van der Waals surface area contributed by atoms with Crippen molar-refractivity contribution in [1.29, 1.82) is 0 Å². The quantitative estimate of drug-likeness (QED) is 0.623. The van der Waals surface area contributed by atoms with E-state index in [-0.39, 0.29) is 0 Å². The molecule has 1 aromatic heterocycles. The van der Waals surface area contributed by atoms with E-state index in [9.17, 15) is 4.55 Å². The summed E-state index contributed by atoms with van der Waals surface area (Å²) in [7, 11) is 0. The van der Waals surface area contributed by atoms with Crippen LogP contribution < -0.4 is 0 Å². The van der Waals surface area contributed by atoms with Crippen molar-refractivity contribution in [2.75, 3.05) is 6.26 Å². The highest BCUT2D eigenvalue weighted by molar-refractivity contribution is 7.89. The summed E-state index contributed by atoms with van der Waals surface area (Å²) in [6, 6.07) is 14.6. The molecular formula is C20H20ClNOS. The van der Waals surface area contributed by atoms with Gasteiger partial charge in [0.1, 0.15) is 5.75 Å². The van der Waals surface area contributed by atoms with Crippen LogP contribution in [-0.4, -0.2) is 15.8 Å². The maximum Gasteiger partial charge on any atom is 0.132 e. The van der Waals surface area contributed by atoms with Crippen molar-refractivity contribution >= 4 is 33.7 Å². The van der Waals surface area contributed by atoms with Gasteiger partial charge in [-0.2, -0.15) is 0 Å². The van der Waals surface area contributed by atoms with Gasteiger partial charge in [0.2, 0.25) is 0 Å². The van der Waals surface area contributed by atoms with Crippen molar-refractivity contribution in [2.45, 2.75) is 24.5 Å². The summed E-state index contributed by atoms with van der Waals surface area (Å²) in [5.74, 6) is 1.69. The lowest BCUT2D eigenvalue weighted by Gasteiger charge is -2.17. The fraction of sp³-hybridized carbons (Fsp3) is 0.300. The van der Waals surface area contributed by atoms with Gasteiger partial charge in [-0.25, -0.2) is 0 Å². The van der Waals surface area contributed by atoms with Crippen LogP contribution in [0.25, 0.3) is 10.9 Å². The van der Waals surface area contributed by atoms with Crippen LogP contribution in [0.3, 0.4) is 0 Å². The van der Waals surface area contributed by atoms with E-state index in [1.165, 1.54) is 29.4 Å². The molecule has 0 radical (unpaired) electrons. The fourth-order valence-electron chi connectivity index (χ4n) is 3.64. The Morgan fingerprint density at radius 3 is 2.62 bits per heavy atom. The number of hydrogen-bond acceptors (Lipinski definition) is 1. The second-order valence-corrected chi connectivity index (χ2v) is 8.54. The number of aromatic amines is 1. The van der Waals surface area contributed by atoms with Gasteiger partial charge in [0, 0.05) is 28.1 Å². The Balaban J connectivity index is 1.80. The SMILES string of the molecule is C[S+]([O-])Cc1cccc2c(C(c3ccc(Cl)cc3)C3CC3)c[nH]c12. The molecular weight excluding hydrogens is 338 g/mol. The monoisotopic (exact) mass is 357 g/mol. The molecule has 2 atom stereocenters. The number of nitrogens with one attached hydrogen (secondary N) is 1. The van der Waals surface area contributed by atoms with E-state index < -0.39 is 11.2 Å². The van der Waals surface area contributed by atoms with Gasteiger partial charge in [-0.1, -0.05) is 53.1 Å². The maximum absolute atomic E-state index is 11.7. The van der Waals surface area contributed by atoms with Crippen molar-refractivity contribution in [3.05, 3.63) is 70.4 Å². The van der Waals surface area contributed by atoms with Crippen LogP contribution in [-0.2, 0) is 16.9 Å². The Morgan fingerprint density at radius 1 is 1.21 bits per heavy atom. The van der Waals surface area contributed by atoms with Crippen LogP contribution in [0.1, 0.15) is 35.4 Å². The summed E-state index contributed by atoms with van der Waals surface area (Å²) >= 11 is 5.22. The molecule has 1 N–H and O–H groups in total. The van der Waals surface area contributed by atoms with Crippen molar-refractivity contribution in [3.8, 4) is 0 Å². The number of rotatable bonds is 5. The van der Waals surface area contributed by atoms with Crippen LogP contribution in [0.2, 0.25) is 5.02 Å². The molecule has 0 amide bonds. The number of hydrogen-bond donors (Lipinski definition) is 1. The fourth-order valence-corrected chi connectivity index (χ4v) is 4.45. The molecule has 0 aliphatic heterocycles. The summed E-state index contributed by atoms with van der Waals surface area (Å²) in [4.78, 5) is 3.45. The molecule has 1 heterocycles. The Bertz CT molecular complexity index is 852. The van der Waals surface area contributed by atoms with Crippen molar-refractivity contribution in [2.24, 2.45) is 5.92 Å². The number of para-hydroxylation sites is 1. The number of H-pyrrole nitrogens is 1. The molecule has 2 nitrogen and oxygen atoms in total. The average molecular weight is 358 g/mol. The summed E-state index contributed by atoms with van der Waals surface area (Å²) in [6.07, 6.45) is 6.45. The first kappa shape index (κ1) is 16.1. The van der Waals surface area contributed by atoms with Gasteiger partial charge in [0.05, 0.1) is 11.8 Å². The van der Waals surface area contributed by atoms with Crippen molar-refractivity contribution < 1.29 is 4.55 Å². The topological polar surface area (TPSA) is 38.8 Å². The lowest BCUT2D eigenvalue weighted by molar-refractivity contribution is 0.600. The normalized spacial score (nSPS) is 17.1. The largest absolute Gasteiger partial charge is 0.616 e. The molecule has 4 rings (SSSR count). The molecule has 1 aliphatic carbocycles. The van der Waals surface area contributed by atoms with Gasteiger partial charge < -0.3 is 9.54 Å². The van der Waals surface area contributed by atoms with E-state index in [0.29, 0.717) is 17.6 Å². The highest BCUT2D eigenvalue weighted by atomic mass is 35.5. The zero-order chi connectivity index (χ0) is 16.7. The first-order valence-electron chi connectivity index (χ1n) is 8.28. The molecule has 0 bridgehead atoms. The highest BCUT2D eigenvalue weighted by Gasteiger charge is 2.34. The summed E-state index contributed by atoms with van der Waals surface area (Å²) in [5.41, 5.74) is 4.93. The first-order chi connectivity index (χ1) is 11.6. The Hall–Kier alpha value is -1.42. The zero-order valence-corrected chi connectivity index (χ0v) is 15.2. The minimum atomic E-state index is -0.844. The van der Waals surface area contributed by atoms with Crippen LogP contribution in [0, 0.1) is 5.92 Å². The predicted octanol–water partition coefficient (Wildman–Crippen LogP) is 5.24. The molecule has 0 saturated heterocycles. The van der Waals surface area contributed by atoms with Crippen molar-refractivity contribution in [3.63, 3.8) is 0 Å². The molecule has 2 unspecified atom stereocenters. The molecule has 1 aliphatic rings. The molecule has 1 saturated carbocycles. The van der Waals surface area contributed by atoms with Gasteiger partial charge in [-0.05, 0) is 42.0 Å². The third-order valence-electron chi connectivity index (χ3n) is 4.85. The van der Waals surface area contributed by atoms with E-state index in [1.807, 2.05) is 12.1 Å². The number of aromatic nitrogens is 1. The third kappa shape index (κ3) is 3.08. The standard InChI is InChI=1S/C20H20ClNOS/c1-24(23)12-15-3-2-4-17-18(11-22-20(15)17)19(13-5-6-13)14-7-9-16(21)10-8-14/h2-4,7-11,13,19,22H,5-6,12H2,1H3. The molecule has 124 valence electrons. The van der Waals surface area contributed by atoms with Gasteiger partial charge in [0.15, 0.2) is 0 Å². The maximum atomic E-state index is 11.7. The molecule has 2 aromatic carbocycles. The van der Waals surface area contributed by atoms with E-state index in [0.717, 1.165) is 16.1 Å². The average Bonchev–Trinajstić information content (AvgIpc) is 3.29. The number of halogens is 1. The van der Waals surface area contributed by atoms with Gasteiger partial charge >= 0.3 is 0 Å². The zero-order valence-electron chi connectivity index (χ0n) is 13.6. The third-order valence-corrected chi connectivity index (χ3v) is 5.82. The van der Waals surface area contributed by atoms with Crippen LogP contribution in [0.5, 0.6) is 0 Å². The minimum Gasteiger partial charge on any atom is -0.616 e. The highest BCUT2D eigenvalue weighted by Crippen LogP contribution is 2.48. The van der Waals surface area contributed by atoms with Gasteiger partial charge in [-0.15, -0.1) is 0 Å². The van der Waals surface area contributed by atoms with Crippen LogP contribution in [0.15, 0.2) is 48.7 Å². The number of benzene rings is 2. The van der Waals surface area contributed by atoms with Crippen molar-refractivity contribution in [1.82, 2.24) is 4.98 Å². The Labute approximate surface area is 150 Å². The lowest BCUT2D eigenvalue weighted by atomic mass is 9.87. The lowest BCUT2D eigenvalue weighted by Crippen LogP contribution is -2.03. The molecule has 0 spiro atoms. The second kappa shape index (κ2) is 6.47. The molecule has 3 aromatic rings. The Morgan fingerprint density at radius 2 is 1.96 bits per heavy atom. The minimum absolute atomic E-state index is 0.401. The first-order valence-corrected chi connectivity index (χ1v) is 10.4. The Kier molecular flexibility index (Phi) is 4.33. The van der Waals surface area contributed by atoms with E-state index in [1.54, 1.807) is 6.26 Å². The van der Waals surface area contributed by atoms with Gasteiger partial charge in [-0.3, -0.25) is 0 Å². The van der Waals surface area contributed by atoms with Crippen LogP contribution in [0.4, 0.5) is 0 Å².